The molecule has 1 aromatic carbocycles. The van der Waals surface area contributed by atoms with Crippen molar-refractivity contribution in [3.63, 3.8) is 0 Å². The molecular weight excluding hydrogens is 326 g/mol. The predicted molar refractivity (Wildman–Crippen MR) is 102 cm³/mol. The molecule has 2 atom stereocenters. The Morgan fingerprint density at radius 2 is 2.27 bits per heavy atom. The molecule has 138 valence electrons. The number of ether oxygens (including phenoxy) is 2. The van der Waals surface area contributed by atoms with Gasteiger partial charge in [0, 0.05) is 38.5 Å². The number of pyridine rings is 1. The van der Waals surface area contributed by atoms with E-state index < -0.39 is 0 Å². The van der Waals surface area contributed by atoms with Gasteiger partial charge in [0.25, 0.3) is 0 Å². The summed E-state index contributed by atoms with van der Waals surface area (Å²) < 4.78 is 11.6. The third-order valence-corrected chi connectivity index (χ3v) is 5.45. The Balaban J connectivity index is 1.37. The highest BCUT2D eigenvalue weighted by Gasteiger charge is 2.43. The lowest BCUT2D eigenvalue weighted by molar-refractivity contribution is -0.0737. The number of anilines is 1. The van der Waals surface area contributed by atoms with Crippen LogP contribution in [0.15, 0.2) is 48.7 Å². The van der Waals surface area contributed by atoms with Crippen LogP contribution in [0.2, 0.25) is 0 Å². The van der Waals surface area contributed by atoms with Crippen molar-refractivity contribution in [2.75, 3.05) is 32.1 Å². The lowest BCUT2D eigenvalue weighted by Crippen LogP contribution is -2.46. The van der Waals surface area contributed by atoms with Crippen molar-refractivity contribution in [2.24, 2.45) is 0 Å². The first-order chi connectivity index (χ1) is 12.7. The molecule has 0 unspecified atom stereocenters. The molecule has 5 heteroatoms. The van der Waals surface area contributed by atoms with E-state index >= 15 is 0 Å². The number of benzene rings is 1. The molecule has 1 N–H and O–H groups in total. The zero-order chi connectivity index (χ0) is 17.8. The quantitative estimate of drug-likeness (QED) is 0.893. The number of hydrogen-bond donors (Lipinski definition) is 1. The van der Waals surface area contributed by atoms with Crippen molar-refractivity contribution < 1.29 is 9.47 Å². The molecule has 3 heterocycles. The average molecular weight is 353 g/mol. The molecule has 2 aliphatic heterocycles. The van der Waals surface area contributed by atoms with Crippen LogP contribution in [0.1, 0.15) is 24.8 Å². The molecule has 0 aliphatic carbocycles. The maximum absolute atomic E-state index is 6.28. The Kier molecular flexibility index (Phi) is 5.09. The van der Waals surface area contributed by atoms with Gasteiger partial charge in [0.1, 0.15) is 11.6 Å². The second kappa shape index (κ2) is 7.64. The van der Waals surface area contributed by atoms with Gasteiger partial charge >= 0.3 is 0 Å². The largest absolute Gasteiger partial charge is 0.497 e. The van der Waals surface area contributed by atoms with Gasteiger partial charge in [0.15, 0.2) is 0 Å². The van der Waals surface area contributed by atoms with Crippen molar-refractivity contribution in [1.29, 1.82) is 0 Å². The Morgan fingerprint density at radius 3 is 3.12 bits per heavy atom. The molecule has 1 aromatic heterocycles. The summed E-state index contributed by atoms with van der Waals surface area (Å²) in [6, 6.07) is 14.8. The number of nitrogens with one attached hydrogen (secondary N) is 1. The second-order valence-corrected chi connectivity index (χ2v) is 7.39. The van der Waals surface area contributed by atoms with Gasteiger partial charge in [-0.05, 0) is 49.1 Å². The number of likely N-dealkylation sites (tertiary alicyclic amines) is 1. The van der Waals surface area contributed by atoms with Gasteiger partial charge in [-0.2, -0.15) is 0 Å². The fourth-order valence-electron chi connectivity index (χ4n) is 4.18. The van der Waals surface area contributed by atoms with E-state index in [-0.39, 0.29) is 5.60 Å². The van der Waals surface area contributed by atoms with E-state index in [1.54, 1.807) is 7.11 Å². The molecule has 0 saturated carbocycles. The minimum Gasteiger partial charge on any atom is -0.497 e. The Morgan fingerprint density at radius 1 is 1.31 bits per heavy atom. The lowest BCUT2D eigenvalue weighted by atomic mass is 9.89. The van der Waals surface area contributed by atoms with E-state index in [0.29, 0.717) is 6.04 Å². The van der Waals surface area contributed by atoms with Crippen LogP contribution in [-0.4, -0.2) is 48.3 Å². The van der Waals surface area contributed by atoms with Crippen LogP contribution in [0.25, 0.3) is 0 Å². The topological polar surface area (TPSA) is 46.6 Å². The smallest absolute Gasteiger partial charge is 0.126 e. The summed E-state index contributed by atoms with van der Waals surface area (Å²) in [5.41, 5.74) is 1.27. The van der Waals surface area contributed by atoms with E-state index in [9.17, 15) is 0 Å². The molecule has 5 nitrogen and oxygen atoms in total. The number of hydrogen-bond acceptors (Lipinski definition) is 5. The maximum atomic E-state index is 6.28. The van der Waals surface area contributed by atoms with Crippen molar-refractivity contribution in [3.8, 4) is 5.75 Å². The summed E-state index contributed by atoms with van der Waals surface area (Å²) in [5.74, 6) is 1.88. The van der Waals surface area contributed by atoms with Crippen LogP contribution in [0.5, 0.6) is 5.75 Å². The van der Waals surface area contributed by atoms with Crippen molar-refractivity contribution in [3.05, 3.63) is 54.2 Å². The first kappa shape index (κ1) is 17.3. The number of rotatable bonds is 5. The van der Waals surface area contributed by atoms with Gasteiger partial charge in [-0.15, -0.1) is 0 Å². The molecule has 1 spiro atoms. The molecule has 0 radical (unpaired) electrons. The fraction of sp³-hybridized carbons (Fsp3) is 0.476. The first-order valence-electron chi connectivity index (χ1n) is 9.42. The molecule has 0 bridgehead atoms. The monoisotopic (exact) mass is 353 g/mol. The standard InChI is InChI=1S/C21H27N3O2/c1-25-19-6-4-5-17(13-19)15-24-11-9-21(16-24)14-18(8-12-26-21)23-20-7-2-3-10-22-20/h2-7,10,13,18H,8-9,11-12,14-16H2,1H3,(H,22,23)/t18-,21-/m1/s1. The normalized spacial score (nSPS) is 26.1. The van der Waals surface area contributed by atoms with Gasteiger partial charge < -0.3 is 14.8 Å². The van der Waals surface area contributed by atoms with Crippen LogP contribution in [0.3, 0.4) is 0 Å². The van der Waals surface area contributed by atoms with Gasteiger partial charge in [0.2, 0.25) is 0 Å². The zero-order valence-electron chi connectivity index (χ0n) is 15.4. The highest BCUT2D eigenvalue weighted by atomic mass is 16.5. The van der Waals surface area contributed by atoms with Gasteiger partial charge in [-0.3, -0.25) is 4.90 Å². The third kappa shape index (κ3) is 4.00. The number of methoxy groups -OCH3 is 1. The zero-order valence-corrected chi connectivity index (χ0v) is 15.4. The van der Waals surface area contributed by atoms with Crippen molar-refractivity contribution >= 4 is 5.82 Å². The van der Waals surface area contributed by atoms with Crippen LogP contribution in [0.4, 0.5) is 5.82 Å². The highest BCUT2D eigenvalue weighted by Crippen LogP contribution is 2.35. The van der Waals surface area contributed by atoms with Crippen LogP contribution in [0, 0.1) is 0 Å². The third-order valence-electron chi connectivity index (χ3n) is 5.45. The highest BCUT2D eigenvalue weighted by molar-refractivity contribution is 5.35. The predicted octanol–water partition coefficient (Wildman–Crippen LogP) is 3.33. The van der Waals surface area contributed by atoms with Crippen LogP contribution in [-0.2, 0) is 11.3 Å². The molecule has 2 fully saturated rings. The van der Waals surface area contributed by atoms with Crippen LogP contribution >= 0.6 is 0 Å². The average Bonchev–Trinajstić information content (AvgIpc) is 3.04. The van der Waals surface area contributed by atoms with Crippen molar-refractivity contribution in [1.82, 2.24) is 9.88 Å². The van der Waals surface area contributed by atoms with E-state index in [4.69, 9.17) is 9.47 Å². The van der Waals surface area contributed by atoms with E-state index in [1.807, 2.05) is 30.5 Å². The fourth-order valence-corrected chi connectivity index (χ4v) is 4.18. The Hall–Kier alpha value is -2.11. The van der Waals surface area contributed by atoms with E-state index in [2.05, 4.69) is 33.4 Å². The molecular formula is C21H27N3O2. The Labute approximate surface area is 155 Å². The molecule has 2 aromatic rings. The number of nitrogens with zero attached hydrogens (tertiary/aromatic N) is 2. The minimum atomic E-state index is -0.0242. The number of aromatic nitrogens is 1. The first-order valence-corrected chi connectivity index (χ1v) is 9.42. The molecule has 4 rings (SSSR count). The molecule has 0 amide bonds. The lowest BCUT2D eigenvalue weighted by Gasteiger charge is -2.38. The van der Waals surface area contributed by atoms with E-state index in [1.165, 1.54) is 5.56 Å². The van der Waals surface area contributed by atoms with Gasteiger partial charge in [-0.1, -0.05) is 18.2 Å². The van der Waals surface area contributed by atoms with Crippen LogP contribution < -0.4 is 10.1 Å². The van der Waals surface area contributed by atoms with Crippen molar-refractivity contribution in [2.45, 2.75) is 37.5 Å². The maximum Gasteiger partial charge on any atom is 0.126 e. The SMILES string of the molecule is COc1cccc(CN2CC[C@@]3(C[C@H](Nc4ccccn4)CCO3)C2)c1. The molecule has 26 heavy (non-hydrogen) atoms. The minimum absolute atomic E-state index is 0.0242. The summed E-state index contributed by atoms with van der Waals surface area (Å²) in [5, 5.41) is 3.59. The summed E-state index contributed by atoms with van der Waals surface area (Å²) in [6.07, 6.45) is 5.01. The van der Waals surface area contributed by atoms with Gasteiger partial charge in [-0.25, -0.2) is 4.98 Å². The second-order valence-electron chi connectivity index (χ2n) is 7.39. The Bertz CT molecular complexity index is 724. The molecule has 2 aliphatic rings. The summed E-state index contributed by atoms with van der Waals surface area (Å²) >= 11 is 0. The van der Waals surface area contributed by atoms with Gasteiger partial charge in [0.05, 0.1) is 12.7 Å². The van der Waals surface area contributed by atoms with E-state index in [0.717, 1.165) is 57.1 Å². The molecule has 2 saturated heterocycles. The summed E-state index contributed by atoms with van der Waals surface area (Å²) in [6.45, 7) is 3.83. The summed E-state index contributed by atoms with van der Waals surface area (Å²) in [4.78, 5) is 6.90. The summed E-state index contributed by atoms with van der Waals surface area (Å²) in [7, 11) is 1.72.